The number of piperidine rings is 1. The molecule has 6 heteroatoms. The fourth-order valence-electron chi connectivity index (χ4n) is 2.89. The third kappa shape index (κ3) is 2.11. The summed E-state index contributed by atoms with van der Waals surface area (Å²) in [6.07, 6.45) is 5.39. The smallest absolute Gasteiger partial charge is 0.222 e. The summed E-state index contributed by atoms with van der Waals surface area (Å²) in [5, 5.41) is 4.41. The highest BCUT2D eigenvalue weighted by atomic mass is 16.1. The van der Waals surface area contributed by atoms with Crippen molar-refractivity contribution in [3.63, 3.8) is 0 Å². The standard InChI is InChI=1S/C14H19N5O/c1-9-7-12-14(16-5-6-19(12)17-9)18-8-11(13(15)20)4-3-10(18)2/h5-7,10-11H,3-4,8H2,1-2H3,(H2,15,20). The van der Waals surface area contributed by atoms with Crippen molar-refractivity contribution in [1.82, 2.24) is 14.6 Å². The van der Waals surface area contributed by atoms with E-state index in [9.17, 15) is 4.79 Å². The first-order valence-corrected chi connectivity index (χ1v) is 6.93. The number of primary amides is 1. The lowest BCUT2D eigenvalue weighted by Gasteiger charge is -2.37. The maximum atomic E-state index is 11.5. The van der Waals surface area contributed by atoms with Crippen molar-refractivity contribution < 1.29 is 4.79 Å². The Morgan fingerprint density at radius 2 is 2.25 bits per heavy atom. The molecule has 2 N–H and O–H groups in total. The number of nitrogens with two attached hydrogens (primary N) is 1. The first-order valence-electron chi connectivity index (χ1n) is 6.93. The second-order valence-electron chi connectivity index (χ2n) is 5.54. The van der Waals surface area contributed by atoms with Crippen LogP contribution in [0.25, 0.3) is 5.52 Å². The van der Waals surface area contributed by atoms with Crippen LogP contribution in [0.5, 0.6) is 0 Å². The zero-order chi connectivity index (χ0) is 14.3. The van der Waals surface area contributed by atoms with Crippen molar-refractivity contribution in [3.05, 3.63) is 24.2 Å². The van der Waals surface area contributed by atoms with Gasteiger partial charge >= 0.3 is 0 Å². The van der Waals surface area contributed by atoms with Crippen molar-refractivity contribution in [3.8, 4) is 0 Å². The van der Waals surface area contributed by atoms with Crippen molar-refractivity contribution in [2.75, 3.05) is 11.4 Å². The Kier molecular flexibility index (Phi) is 3.08. The van der Waals surface area contributed by atoms with Gasteiger partial charge in [0, 0.05) is 25.0 Å². The molecule has 1 amide bonds. The summed E-state index contributed by atoms with van der Waals surface area (Å²) in [7, 11) is 0. The second-order valence-corrected chi connectivity index (χ2v) is 5.54. The van der Waals surface area contributed by atoms with E-state index < -0.39 is 0 Å². The molecule has 0 radical (unpaired) electrons. The molecule has 20 heavy (non-hydrogen) atoms. The first-order chi connectivity index (χ1) is 9.56. The third-order valence-electron chi connectivity index (χ3n) is 4.05. The Morgan fingerprint density at radius 3 is 3.00 bits per heavy atom. The van der Waals surface area contributed by atoms with Gasteiger partial charge in [0.05, 0.1) is 11.6 Å². The zero-order valence-electron chi connectivity index (χ0n) is 11.8. The number of hydrogen-bond acceptors (Lipinski definition) is 4. The topological polar surface area (TPSA) is 76.5 Å². The molecule has 2 unspecified atom stereocenters. The minimum absolute atomic E-state index is 0.0997. The quantitative estimate of drug-likeness (QED) is 0.889. The van der Waals surface area contributed by atoms with Crippen molar-refractivity contribution in [1.29, 1.82) is 0 Å². The molecule has 2 aromatic heterocycles. The van der Waals surface area contributed by atoms with E-state index in [1.54, 1.807) is 6.20 Å². The third-order valence-corrected chi connectivity index (χ3v) is 4.05. The van der Waals surface area contributed by atoms with Crippen LogP contribution in [0.1, 0.15) is 25.5 Å². The fourth-order valence-corrected chi connectivity index (χ4v) is 2.89. The van der Waals surface area contributed by atoms with E-state index in [0.29, 0.717) is 12.6 Å². The molecule has 3 heterocycles. The van der Waals surface area contributed by atoms with Crippen LogP contribution >= 0.6 is 0 Å². The summed E-state index contributed by atoms with van der Waals surface area (Å²) >= 11 is 0. The number of anilines is 1. The van der Waals surface area contributed by atoms with Gasteiger partial charge in [-0.2, -0.15) is 5.10 Å². The van der Waals surface area contributed by atoms with Crippen LogP contribution in [0.4, 0.5) is 5.82 Å². The average Bonchev–Trinajstić information content (AvgIpc) is 2.79. The number of hydrogen-bond donors (Lipinski definition) is 1. The highest BCUT2D eigenvalue weighted by Crippen LogP contribution is 2.29. The lowest BCUT2D eigenvalue weighted by Crippen LogP contribution is -2.46. The van der Waals surface area contributed by atoms with Crippen LogP contribution in [0.15, 0.2) is 18.5 Å². The maximum absolute atomic E-state index is 11.5. The lowest BCUT2D eigenvalue weighted by molar-refractivity contribution is -0.122. The van der Waals surface area contributed by atoms with Crippen LogP contribution < -0.4 is 10.6 Å². The summed E-state index contributed by atoms with van der Waals surface area (Å²) in [6, 6.07) is 2.36. The van der Waals surface area contributed by atoms with E-state index in [1.165, 1.54) is 0 Å². The average molecular weight is 273 g/mol. The van der Waals surface area contributed by atoms with Crippen LogP contribution in [0.2, 0.25) is 0 Å². The molecule has 1 aliphatic rings. The molecule has 106 valence electrons. The minimum atomic E-state index is -0.224. The lowest BCUT2D eigenvalue weighted by atomic mass is 9.93. The Balaban J connectivity index is 2.02. The van der Waals surface area contributed by atoms with Gasteiger partial charge in [0.25, 0.3) is 0 Å². The Morgan fingerprint density at radius 1 is 1.45 bits per heavy atom. The van der Waals surface area contributed by atoms with Gasteiger partial charge in [-0.05, 0) is 32.8 Å². The summed E-state index contributed by atoms with van der Waals surface area (Å²) < 4.78 is 1.83. The van der Waals surface area contributed by atoms with Gasteiger partial charge in [0.2, 0.25) is 5.91 Å². The van der Waals surface area contributed by atoms with Crippen molar-refractivity contribution >= 4 is 17.2 Å². The predicted octanol–water partition coefficient (Wildman–Crippen LogP) is 1.13. The van der Waals surface area contributed by atoms with Crippen LogP contribution in [0, 0.1) is 12.8 Å². The first kappa shape index (κ1) is 12.9. The van der Waals surface area contributed by atoms with Gasteiger partial charge < -0.3 is 10.6 Å². The van der Waals surface area contributed by atoms with E-state index in [-0.39, 0.29) is 11.8 Å². The second kappa shape index (κ2) is 4.77. The number of aromatic nitrogens is 3. The van der Waals surface area contributed by atoms with Gasteiger partial charge in [0.1, 0.15) is 5.52 Å². The van der Waals surface area contributed by atoms with Crippen LogP contribution in [-0.2, 0) is 4.79 Å². The highest BCUT2D eigenvalue weighted by molar-refractivity contribution is 5.78. The summed E-state index contributed by atoms with van der Waals surface area (Å²) in [4.78, 5) is 18.1. The number of amides is 1. The van der Waals surface area contributed by atoms with Gasteiger partial charge in [-0.25, -0.2) is 9.50 Å². The van der Waals surface area contributed by atoms with Crippen molar-refractivity contribution in [2.45, 2.75) is 32.7 Å². The van der Waals surface area contributed by atoms with Gasteiger partial charge in [-0.3, -0.25) is 4.79 Å². The number of carbonyl (C=O) groups excluding carboxylic acids is 1. The monoisotopic (exact) mass is 273 g/mol. The van der Waals surface area contributed by atoms with Crippen LogP contribution in [0.3, 0.4) is 0 Å². The van der Waals surface area contributed by atoms with Gasteiger partial charge in [0.15, 0.2) is 5.82 Å². The molecule has 1 fully saturated rings. The minimum Gasteiger partial charge on any atom is -0.369 e. The molecule has 2 atom stereocenters. The predicted molar refractivity (Wildman–Crippen MR) is 76.5 cm³/mol. The Labute approximate surface area is 117 Å². The molecule has 1 aliphatic heterocycles. The molecular weight excluding hydrogens is 254 g/mol. The molecule has 0 bridgehead atoms. The Bertz CT molecular complexity index is 650. The van der Waals surface area contributed by atoms with Gasteiger partial charge in [-0.15, -0.1) is 0 Å². The molecule has 2 aromatic rings. The van der Waals surface area contributed by atoms with E-state index in [2.05, 4.69) is 21.9 Å². The largest absolute Gasteiger partial charge is 0.369 e. The summed E-state index contributed by atoms with van der Waals surface area (Å²) in [5.74, 6) is 0.558. The molecular formula is C14H19N5O. The fraction of sp³-hybridized carbons (Fsp3) is 0.500. The van der Waals surface area contributed by atoms with E-state index in [4.69, 9.17) is 5.73 Å². The van der Waals surface area contributed by atoms with Crippen molar-refractivity contribution in [2.24, 2.45) is 11.7 Å². The molecule has 6 nitrogen and oxygen atoms in total. The normalized spacial score (nSPS) is 23.2. The number of nitrogens with zero attached hydrogens (tertiary/aromatic N) is 4. The number of aryl methyl sites for hydroxylation is 1. The molecule has 0 saturated carbocycles. The molecule has 0 aliphatic carbocycles. The van der Waals surface area contributed by atoms with Crippen LogP contribution in [-0.4, -0.2) is 33.1 Å². The zero-order valence-corrected chi connectivity index (χ0v) is 11.8. The number of rotatable bonds is 2. The molecule has 1 saturated heterocycles. The molecule has 0 spiro atoms. The van der Waals surface area contributed by atoms with E-state index >= 15 is 0 Å². The SMILES string of the molecule is Cc1cc2c(N3CC(C(N)=O)CCC3C)nccn2n1. The molecule has 0 aromatic carbocycles. The highest BCUT2D eigenvalue weighted by Gasteiger charge is 2.30. The number of carbonyl (C=O) groups is 1. The van der Waals surface area contributed by atoms with E-state index in [0.717, 1.165) is 29.9 Å². The number of fused-ring (bicyclic) bond motifs is 1. The molecule has 3 rings (SSSR count). The summed E-state index contributed by atoms with van der Waals surface area (Å²) in [5.41, 5.74) is 7.39. The van der Waals surface area contributed by atoms with E-state index in [1.807, 2.05) is 23.7 Å². The summed E-state index contributed by atoms with van der Waals surface area (Å²) in [6.45, 7) is 4.75. The van der Waals surface area contributed by atoms with Gasteiger partial charge in [-0.1, -0.05) is 0 Å². The maximum Gasteiger partial charge on any atom is 0.222 e. The Hall–Kier alpha value is -2.11.